The topological polar surface area (TPSA) is 99.9 Å². The van der Waals surface area contributed by atoms with Crippen LogP contribution in [0.1, 0.15) is 18.9 Å². The summed E-state index contributed by atoms with van der Waals surface area (Å²) in [4.78, 5) is 25.2. The first kappa shape index (κ1) is 20.5. The number of phenols is 1. The van der Waals surface area contributed by atoms with E-state index in [-0.39, 0.29) is 30.4 Å². The number of rotatable bonds is 7. The molecule has 1 atom stereocenters. The van der Waals surface area contributed by atoms with Crippen molar-refractivity contribution in [2.75, 3.05) is 20.7 Å². The van der Waals surface area contributed by atoms with Crippen LogP contribution in [0.25, 0.3) is 6.08 Å². The minimum Gasteiger partial charge on any atom is -0.503 e. The van der Waals surface area contributed by atoms with Crippen LogP contribution in [0.4, 0.5) is 0 Å². The molecule has 0 saturated heterocycles. The zero-order chi connectivity index (χ0) is 19.0. The third-order valence-corrected chi connectivity index (χ3v) is 3.86. The Morgan fingerprint density at radius 2 is 2.16 bits per heavy atom. The summed E-state index contributed by atoms with van der Waals surface area (Å²) in [5.74, 6) is -0.851. The van der Waals surface area contributed by atoms with Crippen molar-refractivity contribution in [3.8, 4) is 17.6 Å². The summed E-state index contributed by atoms with van der Waals surface area (Å²) < 4.78 is 10.5. The second kappa shape index (κ2) is 9.69. The number of methoxy groups -OCH3 is 1. The van der Waals surface area contributed by atoms with Gasteiger partial charge in [0.05, 0.1) is 24.1 Å². The number of benzene rings is 1. The van der Waals surface area contributed by atoms with E-state index in [1.54, 1.807) is 19.2 Å². The van der Waals surface area contributed by atoms with E-state index in [4.69, 9.17) is 14.7 Å². The number of carbonyl (C=O) groups excluding carboxylic acids is 2. The number of hydrogen-bond acceptors (Lipinski definition) is 6. The fourth-order valence-electron chi connectivity index (χ4n) is 1.91. The molecule has 7 nitrogen and oxygen atoms in total. The van der Waals surface area contributed by atoms with E-state index in [9.17, 15) is 14.7 Å². The zero-order valence-corrected chi connectivity index (χ0v) is 15.7. The largest absolute Gasteiger partial charge is 0.503 e. The summed E-state index contributed by atoms with van der Waals surface area (Å²) in [5, 5.41) is 18.3. The molecule has 0 saturated carbocycles. The van der Waals surface area contributed by atoms with Gasteiger partial charge in [-0.15, -0.1) is 0 Å². The summed E-state index contributed by atoms with van der Waals surface area (Å²) in [5.41, 5.74) is 0.601. The van der Waals surface area contributed by atoms with E-state index >= 15 is 0 Å². The molecule has 25 heavy (non-hydrogen) atoms. The number of aromatic hydroxyl groups is 1. The number of nitriles is 1. The van der Waals surface area contributed by atoms with Crippen LogP contribution in [0.15, 0.2) is 22.7 Å². The Morgan fingerprint density at radius 3 is 2.76 bits per heavy atom. The van der Waals surface area contributed by atoms with Crippen molar-refractivity contribution in [2.45, 2.75) is 19.4 Å². The molecule has 1 N–H and O–H groups in total. The quantitative estimate of drug-likeness (QED) is 0.547. The first-order valence-electron chi connectivity index (χ1n) is 7.37. The van der Waals surface area contributed by atoms with Crippen LogP contribution in [0.5, 0.6) is 11.5 Å². The highest BCUT2D eigenvalue weighted by atomic mass is 79.9. The maximum absolute atomic E-state index is 12.0. The number of nitrogens with zero attached hydrogens (tertiary/aromatic N) is 2. The summed E-state index contributed by atoms with van der Waals surface area (Å²) >= 11 is 3.19. The van der Waals surface area contributed by atoms with Gasteiger partial charge in [0.15, 0.2) is 17.6 Å². The smallest absolute Gasteiger partial charge is 0.331 e. The fraction of sp³-hybridized carbons (Fsp3) is 0.353. The molecular formula is C17H19BrN2O5. The normalized spacial score (nSPS) is 11.6. The minimum atomic E-state index is -0.957. The fourth-order valence-corrected chi connectivity index (χ4v) is 2.37. The van der Waals surface area contributed by atoms with Crippen molar-refractivity contribution in [3.05, 3.63) is 28.2 Å². The molecule has 0 radical (unpaired) electrons. The molecule has 0 aliphatic heterocycles. The van der Waals surface area contributed by atoms with Gasteiger partial charge in [0, 0.05) is 19.7 Å². The molecule has 0 aliphatic rings. The predicted molar refractivity (Wildman–Crippen MR) is 94.8 cm³/mol. The summed E-state index contributed by atoms with van der Waals surface area (Å²) in [6.07, 6.45) is 1.91. The van der Waals surface area contributed by atoms with Crippen LogP contribution in [-0.4, -0.2) is 48.7 Å². The number of hydrogen-bond donors (Lipinski definition) is 1. The van der Waals surface area contributed by atoms with E-state index < -0.39 is 12.1 Å². The van der Waals surface area contributed by atoms with Gasteiger partial charge in [-0.25, -0.2) is 4.79 Å². The second-order valence-corrected chi connectivity index (χ2v) is 5.99. The highest BCUT2D eigenvalue weighted by Gasteiger charge is 2.20. The van der Waals surface area contributed by atoms with Crippen molar-refractivity contribution in [2.24, 2.45) is 0 Å². The Kier molecular flexibility index (Phi) is 7.95. The van der Waals surface area contributed by atoms with Crippen molar-refractivity contribution >= 4 is 33.9 Å². The van der Waals surface area contributed by atoms with Gasteiger partial charge in [-0.1, -0.05) is 0 Å². The van der Waals surface area contributed by atoms with Gasteiger partial charge in [-0.2, -0.15) is 5.26 Å². The molecule has 0 aromatic heterocycles. The average Bonchev–Trinajstić information content (AvgIpc) is 2.59. The number of halogens is 1. The van der Waals surface area contributed by atoms with Crippen molar-refractivity contribution < 1.29 is 24.2 Å². The Hall–Kier alpha value is -2.53. The first-order chi connectivity index (χ1) is 11.8. The highest BCUT2D eigenvalue weighted by molar-refractivity contribution is 9.10. The van der Waals surface area contributed by atoms with Crippen LogP contribution in [0, 0.1) is 11.3 Å². The molecule has 0 unspecified atom stereocenters. The second-order valence-electron chi connectivity index (χ2n) is 5.13. The lowest BCUT2D eigenvalue weighted by atomic mass is 10.2. The third-order valence-electron chi connectivity index (χ3n) is 3.26. The van der Waals surface area contributed by atoms with E-state index in [2.05, 4.69) is 15.9 Å². The molecule has 134 valence electrons. The average molecular weight is 411 g/mol. The molecule has 1 aromatic carbocycles. The minimum absolute atomic E-state index is 0.0400. The molecule has 1 rings (SSSR count). The van der Waals surface area contributed by atoms with E-state index in [1.807, 2.05) is 6.07 Å². The Bertz CT molecular complexity index is 712. The summed E-state index contributed by atoms with van der Waals surface area (Å²) in [6.45, 7) is 1.74. The third kappa shape index (κ3) is 6.12. The van der Waals surface area contributed by atoms with Gasteiger partial charge < -0.3 is 19.5 Å². The molecule has 0 aliphatic carbocycles. The predicted octanol–water partition coefficient (Wildman–Crippen LogP) is 2.48. The van der Waals surface area contributed by atoms with Gasteiger partial charge in [-0.05, 0) is 46.6 Å². The zero-order valence-electron chi connectivity index (χ0n) is 14.2. The van der Waals surface area contributed by atoms with Crippen LogP contribution < -0.4 is 4.74 Å². The van der Waals surface area contributed by atoms with Gasteiger partial charge in [-0.3, -0.25) is 4.79 Å². The first-order valence-corrected chi connectivity index (χ1v) is 8.16. The SMILES string of the molecule is COc1cc(/C=C/C(=O)O[C@H](C)C(=O)N(C)CCC#N)cc(Br)c1O. The molecule has 8 heteroatoms. The molecule has 0 heterocycles. The van der Waals surface area contributed by atoms with Crippen molar-refractivity contribution in [1.82, 2.24) is 4.90 Å². The van der Waals surface area contributed by atoms with Gasteiger partial charge >= 0.3 is 5.97 Å². The van der Waals surface area contributed by atoms with Crippen LogP contribution in [0.3, 0.4) is 0 Å². The molecule has 0 bridgehead atoms. The van der Waals surface area contributed by atoms with Crippen molar-refractivity contribution in [3.63, 3.8) is 0 Å². The van der Waals surface area contributed by atoms with Crippen LogP contribution in [-0.2, 0) is 14.3 Å². The number of likely N-dealkylation sites (N-methyl/N-ethyl adjacent to an activating group) is 1. The number of ether oxygens (including phenoxy) is 2. The summed E-state index contributed by atoms with van der Waals surface area (Å²) in [6, 6.07) is 5.10. The van der Waals surface area contributed by atoms with Crippen LogP contribution >= 0.6 is 15.9 Å². The van der Waals surface area contributed by atoms with E-state index in [1.165, 1.54) is 31.1 Å². The molecular weight excluding hydrogens is 392 g/mol. The molecule has 1 aromatic rings. The maximum Gasteiger partial charge on any atom is 0.331 e. The monoisotopic (exact) mass is 410 g/mol. The Balaban J connectivity index is 2.70. The maximum atomic E-state index is 12.0. The number of phenolic OH excluding ortho intramolecular Hbond substituents is 1. The Labute approximate surface area is 154 Å². The number of esters is 1. The van der Waals surface area contributed by atoms with Gasteiger partial charge in [0.1, 0.15) is 0 Å². The van der Waals surface area contributed by atoms with Crippen molar-refractivity contribution in [1.29, 1.82) is 5.26 Å². The lowest BCUT2D eigenvalue weighted by Gasteiger charge is -2.19. The highest BCUT2D eigenvalue weighted by Crippen LogP contribution is 2.35. The van der Waals surface area contributed by atoms with E-state index in [0.29, 0.717) is 10.0 Å². The van der Waals surface area contributed by atoms with Gasteiger partial charge in [0.2, 0.25) is 0 Å². The molecule has 0 fully saturated rings. The van der Waals surface area contributed by atoms with Crippen LogP contribution in [0.2, 0.25) is 0 Å². The van der Waals surface area contributed by atoms with Gasteiger partial charge in [0.25, 0.3) is 5.91 Å². The standard InChI is InChI=1S/C17H19BrN2O5/c1-11(17(23)20(2)8-4-7-19)25-15(21)6-5-12-9-13(18)16(22)14(10-12)24-3/h5-6,9-11,22H,4,8H2,1-3H3/b6-5+/t11-/m1/s1. The lowest BCUT2D eigenvalue weighted by molar-refractivity contribution is -0.154. The number of carbonyl (C=O) groups is 2. The molecule has 1 amide bonds. The molecule has 0 spiro atoms. The van der Waals surface area contributed by atoms with E-state index in [0.717, 1.165) is 0 Å². The summed E-state index contributed by atoms with van der Waals surface area (Å²) in [7, 11) is 2.96. The number of amides is 1. The lowest BCUT2D eigenvalue weighted by Crippen LogP contribution is -2.37. The Morgan fingerprint density at radius 1 is 1.48 bits per heavy atom.